The first-order valence-corrected chi connectivity index (χ1v) is 7.66. The van der Waals surface area contributed by atoms with Gasteiger partial charge in [-0.05, 0) is 38.0 Å². The summed E-state index contributed by atoms with van der Waals surface area (Å²) in [5.74, 6) is 1.51. The van der Waals surface area contributed by atoms with Crippen molar-refractivity contribution in [1.29, 1.82) is 0 Å². The SMILES string of the molecule is CN1CCCC2(CCN(c3noc(C(C)(C)C)n3)C2)C1. The van der Waals surface area contributed by atoms with Crippen LogP contribution in [0.3, 0.4) is 0 Å². The van der Waals surface area contributed by atoms with Crippen LogP contribution in [0.15, 0.2) is 4.52 Å². The fourth-order valence-electron chi connectivity index (χ4n) is 3.54. The first-order chi connectivity index (χ1) is 9.38. The number of rotatable bonds is 1. The molecule has 1 aromatic heterocycles. The Morgan fingerprint density at radius 1 is 1.15 bits per heavy atom. The van der Waals surface area contributed by atoms with E-state index in [1.807, 2.05) is 0 Å². The Hall–Kier alpha value is -1.10. The largest absolute Gasteiger partial charge is 0.338 e. The molecule has 2 saturated heterocycles. The van der Waals surface area contributed by atoms with Crippen LogP contribution < -0.4 is 4.90 Å². The molecule has 0 saturated carbocycles. The Kier molecular flexibility index (Phi) is 3.27. The van der Waals surface area contributed by atoms with Gasteiger partial charge < -0.3 is 14.3 Å². The molecule has 112 valence electrons. The van der Waals surface area contributed by atoms with E-state index in [2.05, 4.69) is 47.8 Å². The number of nitrogens with zero attached hydrogens (tertiary/aromatic N) is 4. The summed E-state index contributed by atoms with van der Waals surface area (Å²) < 4.78 is 5.43. The Balaban J connectivity index is 1.72. The maximum Gasteiger partial charge on any atom is 0.266 e. The van der Waals surface area contributed by atoms with Crippen molar-refractivity contribution in [3.63, 3.8) is 0 Å². The lowest BCUT2D eigenvalue weighted by Crippen LogP contribution is -2.43. The topological polar surface area (TPSA) is 45.4 Å². The molecular formula is C15H26N4O. The molecule has 0 N–H and O–H groups in total. The zero-order valence-electron chi connectivity index (χ0n) is 13.1. The smallest absolute Gasteiger partial charge is 0.266 e. The minimum absolute atomic E-state index is 0.0757. The molecule has 1 aromatic rings. The van der Waals surface area contributed by atoms with Gasteiger partial charge in [-0.15, -0.1) is 0 Å². The Bertz CT molecular complexity index is 478. The monoisotopic (exact) mass is 278 g/mol. The van der Waals surface area contributed by atoms with Crippen molar-refractivity contribution in [1.82, 2.24) is 15.0 Å². The van der Waals surface area contributed by atoms with E-state index in [-0.39, 0.29) is 5.41 Å². The van der Waals surface area contributed by atoms with E-state index < -0.39 is 0 Å². The summed E-state index contributed by atoms with van der Waals surface area (Å²) in [6.07, 6.45) is 3.89. The van der Waals surface area contributed by atoms with Crippen LogP contribution in [0.2, 0.25) is 0 Å². The summed E-state index contributed by atoms with van der Waals surface area (Å²) in [5.41, 5.74) is 0.364. The van der Waals surface area contributed by atoms with E-state index >= 15 is 0 Å². The van der Waals surface area contributed by atoms with Gasteiger partial charge in [-0.25, -0.2) is 0 Å². The second-order valence-electron chi connectivity index (χ2n) is 7.66. The fourth-order valence-corrected chi connectivity index (χ4v) is 3.54. The minimum Gasteiger partial charge on any atom is -0.338 e. The molecule has 0 radical (unpaired) electrons. The average Bonchev–Trinajstić information content (AvgIpc) is 2.95. The third kappa shape index (κ3) is 2.55. The predicted octanol–water partition coefficient (Wildman–Crippen LogP) is 2.29. The maximum absolute atomic E-state index is 5.43. The van der Waals surface area contributed by atoms with Gasteiger partial charge in [0.05, 0.1) is 0 Å². The molecule has 1 atom stereocenters. The van der Waals surface area contributed by atoms with Crippen molar-refractivity contribution in [2.75, 3.05) is 38.1 Å². The Labute approximate surface area is 121 Å². The maximum atomic E-state index is 5.43. The zero-order valence-corrected chi connectivity index (χ0v) is 13.1. The molecular weight excluding hydrogens is 252 g/mol. The first kappa shape index (κ1) is 13.9. The minimum atomic E-state index is -0.0757. The number of likely N-dealkylation sites (tertiary alicyclic amines) is 1. The van der Waals surface area contributed by atoms with Crippen LogP contribution >= 0.6 is 0 Å². The van der Waals surface area contributed by atoms with Gasteiger partial charge in [-0.3, -0.25) is 0 Å². The van der Waals surface area contributed by atoms with Crippen molar-refractivity contribution in [2.45, 2.75) is 45.4 Å². The highest BCUT2D eigenvalue weighted by molar-refractivity contribution is 5.32. The van der Waals surface area contributed by atoms with E-state index in [1.54, 1.807) is 0 Å². The van der Waals surface area contributed by atoms with E-state index in [9.17, 15) is 0 Å². The second-order valence-corrected chi connectivity index (χ2v) is 7.66. The highest BCUT2D eigenvalue weighted by Crippen LogP contribution is 2.39. The van der Waals surface area contributed by atoms with Crippen molar-refractivity contribution in [2.24, 2.45) is 5.41 Å². The van der Waals surface area contributed by atoms with Crippen molar-refractivity contribution >= 4 is 5.95 Å². The Morgan fingerprint density at radius 2 is 1.95 bits per heavy atom. The average molecular weight is 278 g/mol. The lowest BCUT2D eigenvalue weighted by molar-refractivity contribution is 0.128. The van der Waals surface area contributed by atoms with Crippen molar-refractivity contribution in [3.05, 3.63) is 5.89 Å². The van der Waals surface area contributed by atoms with Crippen LogP contribution in [0.5, 0.6) is 0 Å². The van der Waals surface area contributed by atoms with Crippen LogP contribution in [0, 0.1) is 5.41 Å². The van der Waals surface area contributed by atoms with E-state index in [4.69, 9.17) is 4.52 Å². The second kappa shape index (κ2) is 4.72. The first-order valence-electron chi connectivity index (χ1n) is 7.66. The number of hydrogen-bond donors (Lipinski definition) is 0. The fraction of sp³-hybridized carbons (Fsp3) is 0.867. The number of piperidine rings is 1. The van der Waals surface area contributed by atoms with Crippen LogP contribution in [0.1, 0.15) is 45.9 Å². The molecule has 3 heterocycles. The molecule has 5 nitrogen and oxygen atoms in total. The quantitative estimate of drug-likeness (QED) is 0.788. The number of anilines is 1. The van der Waals surface area contributed by atoms with Gasteiger partial charge in [0.25, 0.3) is 5.95 Å². The van der Waals surface area contributed by atoms with Gasteiger partial charge >= 0.3 is 0 Å². The zero-order chi connectivity index (χ0) is 14.4. The molecule has 3 rings (SSSR count). The third-order valence-electron chi connectivity index (χ3n) is 4.63. The van der Waals surface area contributed by atoms with E-state index in [0.717, 1.165) is 24.9 Å². The number of aromatic nitrogens is 2. The summed E-state index contributed by atoms with van der Waals surface area (Å²) >= 11 is 0. The molecule has 0 aliphatic carbocycles. The third-order valence-corrected chi connectivity index (χ3v) is 4.63. The van der Waals surface area contributed by atoms with Gasteiger partial charge in [-0.2, -0.15) is 4.98 Å². The van der Waals surface area contributed by atoms with E-state index in [1.165, 1.54) is 32.4 Å². The molecule has 2 aliphatic rings. The molecule has 1 unspecified atom stereocenters. The van der Waals surface area contributed by atoms with Gasteiger partial charge in [0.1, 0.15) is 0 Å². The summed E-state index contributed by atoms with van der Waals surface area (Å²) in [7, 11) is 2.23. The van der Waals surface area contributed by atoms with Crippen molar-refractivity contribution in [3.8, 4) is 0 Å². The molecule has 2 fully saturated rings. The summed E-state index contributed by atoms with van der Waals surface area (Å²) in [6.45, 7) is 10.9. The highest BCUT2D eigenvalue weighted by atomic mass is 16.5. The predicted molar refractivity (Wildman–Crippen MR) is 79.0 cm³/mol. The summed E-state index contributed by atoms with van der Waals surface area (Å²) in [5, 5.41) is 4.19. The number of hydrogen-bond acceptors (Lipinski definition) is 5. The Morgan fingerprint density at radius 3 is 2.60 bits per heavy atom. The van der Waals surface area contributed by atoms with Gasteiger partial charge in [-0.1, -0.05) is 20.8 Å². The lowest BCUT2D eigenvalue weighted by Gasteiger charge is -2.38. The molecule has 5 heteroatoms. The van der Waals surface area contributed by atoms with Gasteiger partial charge in [0, 0.05) is 30.5 Å². The summed E-state index contributed by atoms with van der Waals surface area (Å²) in [6, 6.07) is 0. The van der Waals surface area contributed by atoms with Crippen LogP contribution in [0.25, 0.3) is 0 Å². The lowest BCUT2D eigenvalue weighted by atomic mass is 9.79. The van der Waals surface area contributed by atoms with E-state index in [0.29, 0.717) is 5.41 Å². The standard InChI is InChI=1S/C15H26N4O/c1-14(2,3)12-16-13(17-20-12)19-9-7-15(11-19)6-5-8-18(4)10-15/h5-11H2,1-4H3. The molecule has 0 bridgehead atoms. The highest BCUT2D eigenvalue weighted by Gasteiger charge is 2.42. The van der Waals surface area contributed by atoms with Crippen LogP contribution in [-0.2, 0) is 5.41 Å². The molecule has 0 aromatic carbocycles. The van der Waals surface area contributed by atoms with Gasteiger partial charge in [0.2, 0.25) is 5.89 Å². The molecule has 2 aliphatic heterocycles. The molecule has 1 spiro atoms. The van der Waals surface area contributed by atoms with Crippen molar-refractivity contribution < 1.29 is 4.52 Å². The summed E-state index contributed by atoms with van der Waals surface area (Å²) in [4.78, 5) is 9.36. The molecule has 0 amide bonds. The molecule has 20 heavy (non-hydrogen) atoms. The normalized spacial score (nSPS) is 28.5. The van der Waals surface area contributed by atoms with Gasteiger partial charge in [0.15, 0.2) is 0 Å². The van der Waals surface area contributed by atoms with Crippen LogP contribution in [-0.4, -0.2) is 48.3 Å². The van der Waals surface area contributed by atoms with Crippen LogP contribution in [0.4, 0.5) is 5.95 Å².